The van der Waals surface area contributed by atoms with E-state index in [1.54, 1.807) is 12.1 Å². The van der Waals surface area contributed by atoms with Crippen LogP contribution in [0.4, 0.5) is 5.69 Å². The fourth-order valence-electron chi connectivity index (χ4n) is 2.00. The number of thioether (sulfide) groups is 1. The Morgan fingerprint density at radius 3 is 2.36 bits per heavy atom. The number of phenolic OH excluding ortho intramolecular Hbond substituents is 1. The molecule has 1 saturated heterocycles. The molecule has 22 heavy (non-hydrogen) atoms. The van der Waals surface area contributed by atoms with E-state index >= 15 is 0 Å². The van der Waals surface area contributed by atoms with Gasteiger partial charge in [0.1, 0.15) is 5.75 Å². The average Bonchev–Trinajstić information content (AvgIpc) is 2.77. The lowest BCUT2D eigenvalue weighted by Gasteiger charge is -2.14. The van der Waals surface area contributed by atoms with Crippen LogP contribution >= 0.6 is 39.9 Å². The standard InChI is InChI=1S/C16H10BrNO2S2/c17-11-3-1-10(2-4-11)9-14-15(20)18(16(21)22-14)12-5-7-13(19)8-6-12/h1-9,19H/b14-9-. The van der Waals surface area contributed by atoms with Gasteiger partial charge in [0.25, 0.3) is 5.91 Å². The van der Waals surface area contributed by atoms with Gasteiger partial charge in [0.2, 0.25) is 0 Å². The summed E-state index contributed by atoms with van der Waals surface area (Å²) in [6, 6.07) is 14.1. The first-order valence-corrected chi connectivity index (χ1v) is 8.39. The van der Waals surface area contributed by atoms with Gasteiger partial charge in [-0.05, 0) is 48.0 Å². The molecule has 0 radical (unpaired) electrons. The van der Waals surface area contributed by atoms with Crippen LogP contribution in [0.1, 0.15) is 5.56 Å². The predicted molar refractivity (Wildman–Crippen MR) is 97.9 cm³/mol. The third kappa shape index (κ3) is 3.09. The Labute approximate surface area is 145 Å². The second-order valence-electron chi connectivity index (χ2n) is 4.59. The highest BCUT2D eigenvalue weighted by atomic mass is 79.9. The third-order valence-corrected chi connectivity index (χ3v) is 4.90. The molecule has 1 aliphatic rings. The number of hydrogen-bond donors (Lipinski definition) is 1. The summed E-state index contributed by atoms with van der Waals surface area (Å²) in [4.78, 5) is 14.6. The van der Waals surface area contributed by atoms with Gasteiger partial charge in [0.15, 0.2) is 4.32 Å². The van der Waals surface area contributed by atoms with Crippen LogP contribution in [0.15, 0.2) is 57.9 Å². The van der Waals surface area contributed by atoms with Crippen LogP contribution in [0, 0.1) is 0 Å². The number of nitrogens with zero attached hydrogens (tertiary/aromatic N) is 1. The summed E-state index contributed by atoms with van der Waals surface area (Å²) in [7, 11) is 0. The van der Waals surface area contributed by atoms with Crippen LogP contribution < -0.4 is 4.90 Å². The molecular weight excluding hydrogens is 382 g/mol. The minimum absolute atomic E-state index is 0.149. The fraction of sp³-hybridized carbons (Fsp3) is 0. The topological polar surface area (TPSA) is 40.5 Å². The lowest BCUT2D eigenvalue weighted by atomic mass is 10.2. The minimum atomic E-state index is -0.149. The molecule has 3 nitrogen and oxygen atoms in total. The van der Waals surface area contributed by atoms with Crippen LogP contribution in [0.5, 0.6) is 5.75 Å². The van der Waals surface area contributed by atoms with Crippen molar-refractivity contribution < 1.29 is 9.90 Å². The highest BCUT2D eigenvalue weighted by Crippen LogP contribution is 2.36. The first-order chi connectivity index (χ1) is 10.5. The molecule has 0 aliphatic carbocycles. The largest absolute Gasteiger partial charge is 0.508 e. The van der Waals surface area contributed by atoms with E-state index in [-0.39, 0.29) is 11.7 Å². The monoisotopic (exact) mass is 391 g/mol. The van der Waals surface area contributed by atoms with Crippen molar-refractivity contribution in [1.29, 1.82) is 0 Å². The van der Waals surface area contributed by atoms with Crippen LogP contribution in [0.25, 0.3) is 6.08 Å². The maximum absolute atomic E-state index is 12.6. The molecule has 0 saturated carbocycles. The smallest absolute Gasteiger partial charge is 0.270 e. The van der Waals surface area contributed by atoms with Crippen molar-refractivity contribution in [3.63, 3.8) is 0 Å². The first-order valence-electron chi connectivity index (χ1n) is 6.37. The number of carbonyl (C=O) groups is 1. The number of hydrogen-bond acceptors (Lipinski definition) is 4. The summed E-state index contributed by atoms with van der Waals surface area (Å²) < 4.78 is 1.47. The second-order valence-corrected chi connectivity index (χ2v) is 7.18. The number of amides is 1. The first kappa shape index (κ1) is 15.3. The SMILES string of the molecule is O=C1/C(=C/c2ccc(Br)cc2)SC(=S)N1c1ccc(O)cc1. The molecule has 1 aliphatic heterocycles. The number of phenols is 1. The summed E-state index contributed by atoms with van der Waals surface area (Å²) in [5.74, 6) is 0.00297. The van der Waals surface area contributed by atoms with Crippen LogP contribution in [0.2, 0.25) is 0 Å². The van der Waals surface area contributed by atoms with Gasteiger partial charge < -0.3 is 5.11 Å². The summed E-state index contributed by atoms with van der Waals surface area (Å²) in [5, 5.41) is 9.34. The Kier molecular flexibility index (Phi) is 4.33. The van der Waals surface area contributed by atoms with Gasteiger partial charge in [0.05, 0.1) is 10.6 Å². The Hall–Kier alpha value is -1.63. The van der Waals surface area contributed by atoms with Crippen molar-refractivity contribution in [2.75, 3.05) is 4.90 Å². The van der Waals surface area contributed by atoms with E-state index in [4.69, 9.17) is 12.2 Å². The molecule has 2 aromatic carbocycles. The molecule has 2 aromatic rings. The Morgan fingerprint density at radius 1 is 1.09 bits per heavy atom. The molecule has 1 fully saturated rings. The lowest BCUT2D eigenvalue weighted by Crippen LogP contribution is -2.27. The van der Waals surface area contributed by atoms with E-state index in [1.165, 1.54) is 28.8 Å². The fourth-order valence-corrected chi connectivity index (χ4v) is 3.57. The minimum Gasteiger partial charge on any atom is -0.508 e. The van der Waals surface area contributed by atoms with Crippen LogP contribution in [-0.4, -0.2) is 15.3 Å². The van der Waals surface area contributed by atoms with Crippen molar-refractivity contribution in [2.45, 2.75) is 0 Å². The quantitative estimate of drug-likeness (QED) is 0.601. The van der Waals surface area contributed by atoms with Gasteiger partial charge in [-0.3, -0.25) is 9.69 Å². The number of carbonyl (C=O) groups excluding carboxylic acids is 1. The number of rotatable bonds is 2. The van der Waals surface area contributed by atoms with Crippen LogP contribution in [-0.2, 0) is 4.79 Å². The van der Waals surface area contributed by atoms with Gasteiger partial charge in [-0.1, -0.05) is 52.0 Å². The highest BCUT2D eigenvalue weighted by Gasteiger charge is 2.33. The summed E-state index contributed by atoms with van der Waals surface area (Å²) >= 11 is 9.96. The maximum Gasteiger partial charge on any atom is 0.270 e. The number of aromatic hydroxyl groups is 1. The molecular formula is C16H10BrNO2S2. The molecule has 0 spiro atoms. The van der Waals surface area contributed by atoms with E-state index in [1.807, 2.05) is 30.3 Å². The molecule has 1 amide bonds. The molecule has 0 unspecified atom stereocenters. The van der Waals surface area contributed by atoms with Crippen molar-refractivity contribution in [1.82, 2.24) is 0 Å². The number of thiocarbonyl (C=S) groups is 1. The molecule has 1 heterocycles. The Balaban J connectivity index is 1.91. The normalized spacial score (nSPS) is 16.6. The average molecular weight is 392 g/mol. The molecule has 110 valence electrons. The molecule has 0 bridgehead atoms. The van der Waals surface area contributed by atoms with Crippen LogP contribution in [0.3, 0.4) is 0 Å². The number of benzene rings is 2. The van der Waals surface area contributed by atoms with Crippen molar-refractivity contribution in [2.24, 2.45) is 0 Å². The molecule has 0 aromatic heterocycles. The van der Waals surface area contributed by atoms with E-state index in [9.17, 15) is 9.90 Å². The summed E-state index contributed by atoms with van der Waals surface area (Å²) in [6.45, 7) is 0. The molecule has 3 rings (SSSR count). The van der Waals surface area contributed by atoms with E-state index in [0.29, 0.717) is 14.9 Å². The summed E-state index contributed by atoms with van der Waals surface area (Å²) in [5.41, 5.74) is 1.59. The van der Waals surface area contributed by atoms with Crippen molar-refractivity contribution >= 4 is 61.9 Å². The third-order valence-electron chi connectivity index (χ3n) is 3.07. The van der Waals surface area contributed by atoms with Gasteiger partial charge in [-0.15, -0.1) is 0 Å². The zero-order chi connectivity index (χ0) is 15.7. The van der Waals surface area contributed by atoms with E-state index < -0.39 is 0 Å². The van der Waals surface area contributed by atoms with Gasteiger partial charge >= 0.3 is 0 Å². The van der Waals surface area contributed by atoms with Gasteiger partial charge in [-0.25, -0.2) is 0 Å². The highest BCUT2D eigenvalue weighted by molar-refractivity contribution is 9.10. The summed E-state index contributed by atoms with van der Waals surface area (Å²) in [6.07, 6.45) is 1.83. The second kappa shape index (κ2) is 6.24. The maximum atomic E-state index is 12.6. The van der Waals surface area contributed by atoms with Gasteiger partial charge in [-0.2, -0.15) is 0 Å². The molecule has 0 atom stereocenters. The zero-order valence-corrected chi connectivity index (χ0v) is 14.4. The number of anilines is 1. The Bertz CT molecular complexity index is 770. The van der Waals surface area contributed by atoms with E-state index in [2.05, 4.69) is 15.9 Å². The predicted octanol–water partition coefficient (Wildman–Crippen LogP) is 4.56. The lowest BCUT2D eigenvalue weighted by molar-refractivity contribution is -0.113. The zero-order valence-electron chi connectivity index (χ0n) is 11.2. The van der Waals surface area contributed by atoms with Crippen molar-refractivity contribution in [3.05, 3.63) is 63.5 Å². The number of halogens is 1. The van der Waals surface area contributed by atoms with E-state index in [0.717, 1.165) is 10.0 Å². The molecule has 1 N–H and O–H groups in total. The van der Waals surface area contributed by atoms with Crippen molar-refractivity contribution in [3.8, 4) is 5.75 Å². The van der Waals surface area contributed by atoms with Gasteiger partial charge in [0, 0.05) is 4.47 Å². The Morgan fingerprint density at radius 2 is 1.73 bits per heavy atom. The molecule has 6 heteroatoms.